The fourth-order valence-electron chi connectivity index (χ4n) is 5.02. The SMILES string of the molecule is CCCCCCCCCCCCCCCCC(=O)O[C@@H](CO)COC(=O)CCCCCCCCCCCCC. The first kappa shape index (κ1) is 37.9. The van der Waals surface area contributed by atoms with Crippen LogP contribution in [0.4, 0.5) is 0 Å². The average Bonchev–Trinajstić information content (AvgIpc) is 2.94. The van der Waals surface area contributed by atoms with Crippen LogP contribution in [0.25, 0.3) is 0 Å². The van der Waals surface area contributed by atoms with Gasteiger partial charge in [-0.1, -0.05) is 162 Å². The molecular formula is C34H66O5. The number of aliphatic hydroxyl groups is 1. The molecule has 0 spiro atoms. The summed E-state index contributed by atoms with van der Waals surface area (Å²) < 4.78 is 10.5. The summed E-state index contributed by atoms with van der Waals surface area (Å²) in [5.41, 5.74) is 0. The second-order valence-corrected chi connectivity index (χ2v) is 11.6. The van der Waals surface area contributed by atoms with Gasteiger partial charge in [0.2, 0.25) is 0 Å². The number of ether oxygens (including phenoxy) is 2. The van der Waals surface area contributed by atoms with E-state index in [-0.39, 0.29) is 25.2 Å². The fourth-order valence-corrected chi connectivity index (χ4v) is 5.02. The van der Waals surface area contributed by atoms with Crippen molar-refractivity contribution in [2.75, 3.05) is 13.2 Å². The number of hydrogen-bond acceptors (Lipinski definition) is 5. The van der Waals surface area contributed by atoms with Crippen LogP contribution >= 0.6 is 0 Å². The fraction of sp³-hybridized carbons (Fsp3) is 0.941. The first-order chi connectivity index (χ1) is 19.1. The van der Waals surface area contributed by atoms with E-state index in [1.165, 1.54) is 128 Å². The van der Waals surface area contributed by atoms with Crippen molar-refractivity contribution in [2.45, 2.75) is 193 Å². The van der Waals surface area contributed by atoms with Gasteiger partial charge in [-0.25, -0.2) is 0 Å². The van der Waals surface area contributed by atoms with E-state index in [0.29, 0.717) is 12.8 Å². The number of carbonyl (C=O) groups excluding carboxylic acids is 2. The van der Waals surface area contributed by atoms with Crippen molar-refractivity contribution in [3.05, 3.63) is 0 Å². The Bertz CT molecular complexity index is 522. The molecule has 5 heteroatoms. The van der Waals surface area contributed by atoms with Crippen LogP contribution in [0.1, 0.15) is 187 Å². The molecule has 0 aromatic rings. The molecule has 0 aliphatic heterocycles. The average molecular weight is 555 g/mol. The van der Waals surface area contributed by atoms with Gasteiger partial charge in [0, 0.05) is 12.8 Å². The summed E-state index contributed by atoms with van der Waals surface area (Å²) in [5.74, 6) is -0.582. The topological polar surface area (TPSA) is 72.8 Å². The predicted molar refractivity (Wildman–Crippen MR) is 164 cm³/mol. The lowest BCUT2D eigenvalue weighted by Crippen LogP contribution is -2.28. The molecule has 0 bridgehead atoms. The van der Waals surface area contributed by atoms with Crippen LogP contribution in [0.15, 0.2) is 0 Å². The molecule has 0 aliphatic rings. The van der Waals surface area contributed by atoms with Crippen LogP contribution in [0.5, 0.6) is 0 Å². The lowest BCUT2D eigenvalue weighted by Gasteiger charge is -2.15. The molecule has 0 radical (unpaired) electrons. The molecule has 0 aromatic carbocycles. The number of aliphatic hydroxyl groups excluding tert-OH is 1. The quantitative estimate of drug-likeness (QED) is 0.0681. The highest BCUT2D eigenvalue weighted by Gasteiger charge is 2.16. The normalized spacial score (nSPS) is 12.0. The van der Waals surface area contributed by atoms with Crippen LogP contribution < -0.4 is 0 Å². The summed E-state index contributed by atoms with van der Waals surface area (Å²) in [5, 5.41) is 9.49. The second kappa shape index (κ2) is 31.4. The van der Waals surface area contributed by atoms with E-state index in [0.717, 1.165) is 32.1 Å². The van der Waals surface area contributed by atoms with Crippen molar-refractivity contribution < 1.29 is 24.2 Å². The van der Waals surface area contributed by atoms with Gasteiger partial charge >= 0.3 is 11.9 Å². The summed E-state index contributed by atoms with van der Waals surface area (Å²) in [6, 6.07) is 0. The molecule has 232 valence electrons. The van der Waals surface area contributed by atoms with E-state index in [9.17, 15) is 14.7 Å². The van der Waals surface area contributed by atoms with Crippen LogP contribution in [0, 0.1) is 0 Å². The maximum atomic E-state index is 12.1. The van der Waals surface area contributed by atoms with Crippen molar-refractivity contribution in [2.24, 2.45) is 0 Å². The monoisotopic (exact) mass is 554 g/mol. The van der Waals surface area contributed by atoms with E-state index >= 15 is 0 Å². The van der Waals surface area contributed by atoms with Crippen molar-refractivity contribution in [3.63, 3.8) is 0 Å². The molecule has 0 rings (SSSR count). The Balaban J connectivity index is 3.53. The van der Waals surface area contributed by atoms with Gasteiger partial charge in [0.05, 0.1) is 6.61 Å². The lowest BCUT2D eigenvalue weighted by molar-refractivity contribution is -0.161. The van der Waals surface area contributed by atoms with Gasteiger partial charge in [-0.3, -0.25) is 9.59 Å². The zero-order chi connectivity index (χ0) is 28.7. The number of hydrogen-bond donors (Lipinski definition) is 1. The maximum absolute atomic E-state index is 12.1. The highest BCUT2D eigenvalue weighted by Crippen LogP contribution is 2.14. The second-order valence-electron chi connectivity index (χ2n) is 11.6. The van der Waals surface area contributed by atoms with Crippen molar-refractivity contribution >= 4 is 11.9 Å². The summed E-state index contributed by atoms with van der Waals surface area (Å²) in [7, 11) is 0. The van der Waals surface area contributed by atoms with E-state index in [2.05, 4.69) is 13.8 Å². The molecule has 1 N–H and O–H groups in total. The Labute approximate surface area is 242 Å². The van der Waals surface area contributed by atoms with Crippen LogP contribution in [0.3, 0.4) is 0 Å². The summed E-state index contributed by atoms with van der Waals surface area (Å²) >= 11 is 0. The molecule has 0 unspecified atom stereocenters. The standard InChI is InChI=1S/C34H66O5/c1-3-5-7-9-11-13-15-16-17-19-21-23-25-27-29-34(37)39-32(30-35)31-38-33(36)28-26-24-22-20-18-14-12-10-8-6-4-2/h32,35H,3-31H2,1-2H3/t32-/m0/s1. The summed E-state index contributed by atoms with van der Waals surface area (Å²) in [4.78, 5) is 24.1. The van der Waals surface area contributed by atoms with E-state index < -0.39 is 6.10 Å². The molecular weight excluding hydrogens is 488 g/mol. The van der Waals surface area contributed by atoms with Gasteiger partial charge in [0.15, 0.2) is 6.10 Å². The minimum absolute atomic E-state index is 0.0577. The lowest BCUT2D eigenvalue weighted by atomic mass is 10.0. The van der Waals surface area contributed by atoms with Crippen LogP contribution in [0.2, 0.25) is 0 Å². The molecule has 0 fully saturated rings. The minimum Gasteiger partial charge on any atom is -0.462 e. The molecule has 5 nitrogen and oxygen atoms in total. The molecule has 1 atom stereocenters. The molecule has 0 saturated carbocycles. The highest BCUT2D eigenvalue weighted by atomic mass is 16.6. The zero-order valence-electron chi connectivity index (χ0n) is 26.2. The molecule has 0 heterocycles. The van der Waals surface area contributed by atoms with Gasteiger partial charge in [0.25, 0.3) is 0 Å². The summed E-state index contributed by atoms with van der Waals surface area (Å²) in [6.45, 7) is 4.13. The molecule has 0 amide bonds. The zero-order valence-corrected chi connectivity index (χ0v) is 26.2. The van der Waals surface area contributed by atoms with Gasteiger partial charge in [-0.15, -0.1) is 0 Å². The third-order valence-electron chi connectivity index (χ3n) is 7.65. The van der Waals surface area contributed by atoms with Crippen LogP contribution in [-0.2, 0) is 19.1 Å². The smallest absolute Gasteiger partial charge is 0.306 e. The predicted octanol–water partition coefficient (Wildman–Crippen LogP) is 10.0. The number of carbonyl (C=O) groups is 2. The Hall–Kier alpha value is -1.10. The first-order valence-electron chi connectivity index (χ1n) is 17.1. The Morgan fingerprint density at radius 3 is 1.13 bits per heavy atom. The minimum atomic E-state index is -0.759. The third-order valence-corrected chi connectivity index (χ3v) is 7.65. The van der Waals surface area contributed by atoms with Gasteiger partial charge in [-0.2, -0.15) is 0 Å². The van der Waals surface area contributed by atoms with E-state index in [1.54, 1.807) is 0 Å². The number of unbranched alkanes of at least 4 members (excludes halogenated alkanes) is 23. The largest absolute Gasteiger partial charge is 0.462 e. The third kappa shape index (κ3) is 29.7. The summed E-state index contributed by atoms with van der Waals surface area (Å²) in [6.07, 6.45) is 31.5. The first-order valence-corrected chi connectivity index (χ1v) is 17.1. The molecule has 0 aliphatic carbocycles. The van der Waals surface area contributed by atoms with Crippen molar-refractivity contribution in [1.29, 1.82) is 0 Å². The Morgan fingerprint density at radius 1 is 0.487 bits per heavy atom. The highest BCUT2D eigenvalue weighted by molar-refractivity contribution is 5.70. The van der Waals surface area contributed by atoms with E-state index in [1.807, 2.05) is 0 Å². The molecule has 0 aromatic heterocycles. The van der Waals surface area contributed by atoms with E-state index in [4.69, 9.17) is 9.47 Å². The van der Waals surface area contributed by atoms with Crippen molar-refractivity contribution in [1.82, 2.24) is 0 Å². The number of rotatable bonds is 31. The Kier molecular flexibility index (Phi) is 30.5. The van der Waals surface area contributed by atoms with Gasteiger partial charge in [0.1, 0.15) is 6.61 Å². The number of esters is 2. The maximum Gasteiger partial charge on any atom is 0.306 e. The van der Waals surface area contributed by atoms with Gasteiger partial charge < -0.3 is 14.6 Å². The Morgan fingerprint density at radius 2 is 0.795 bits per heavy atom. The molecule has 39 heavy (non-hydrogen) atoms. The van der Waals surface area contributed by atoms with Gasteiger partial charge in [-0.05, 0) is 12.8 Å². The van der Waals surface area contributed by atoms with Crippen molar-refractivity contribution in [3.8, 4) is 0 Å². The van der Waals surface area contributed by atoms with Crippen LogP contribution in [-0.4, -0.2) is 36.4 Å². The molecule has 0 saturated heterocycles.